The van der Waals surface area contributed by atoms with Gasteiger partial charge in [-0.2, -0.15) is 4.98 Å². The van der Waals surface area contributed by atoms with Gasteiger partial charge in [0.05, 0.1) is 17.8 Å². The first-order valence-corrected chi connectivity index (χ1v) is 11.9. The Kier molecular flexibility index (Phi) is 5.44. The molecule has 1 aliphatic heterocycles. The number of imidazole rings is 1. The zero-order valence-corrected chi connectivity index (χ0v) is 19.9. The van der Waals surface area contributed by atoms with Crippen LogP contribution in [-0.2, 0) is 0 Å². The van der Waals surface area contributed by atoms with Crippen LogP contribution in [0.2, 0.25) is 0 Å². The molecular weight excluding hydrogens is 468 g/mol. The lowest BCUT2D eigenvalue weighted by atomic mass is 10.1. The van der Waals surface area contributed by atoms with Gasteiger partial charge in [0.15, 0.2) is 0 Å². The van der Waals surface area contributed by atoms with Crippen molar-refractivity contribution in [2.24, 2.45) is 0 Å². The minimum atomic E-state index is -0.981. The molecule has 0 unspecified atom stereocenters. The van der Waals surface area contributed by atoms with Crippen LogP contribution in [0.25, 0.3) is 17.0 Å². The third kappa shape index (κ3) is 4.09. The van der Waals surface area contributed by atoms with Gasteiger partial charge in [0.1, 0.15) is 23.3 Å². The maximum atomic E-state index is 14.8. The van der Waals surface area contributed by atoms with Gasteiger partial charge in [-0.1, -0.05) is 5.16 Å². The highest BCUT2D eigenvalue weighted by molar-refractivity contribution is 6.04. The summed E-state index contributed by atoms with van der Waals surface area (Å²) in [5, 5.41) is 6.67. The Morgan fingerprint density at radius 3 is 2.72 bits per heavy atom. The topological polar surface area (TPSA) is 91.8 Å². The summed E-state index contributed by atoms with van der Waals surface area (Å²) >= 11 is 0. The molecule has 6 rings (SSSR count). The number of alkyl halides is 1. The number of nitrogens with one attached hydrogen (secondary N) is 1. The number of anilines is 2. The van der Waals surface area contributed by atoms with Crippen molar-refractivity contribution in [3.8, 4) is 11.4 Å². The number of amides is 1. The maximum absolute atomic E-state index is 14.8. The number of likely N-dealkylation sites (N-methyl/N-ethyl adjacent to an activating group) is 1. The van der Waals surface area contributed by atoms with Gasteiger partial charge in [-0.25, -0.2) is 13.8 Å². The molecule has 2 fully saturated rings. The molecule has 4 aromatic rings. The summed E-state index contributed by atoms with van der Waals surface area (Å²) < 4.78 is 35.0. The van der Waals surface area contributed by atoms with Crippen LogP contribution in [0.3, 0.4) is 0 Å². The first-order chi connectivity index (χ1) is 17.4. The quantitative estimate of drug-likeness (QED) is 0.454. The maximum Gasteiger partial charge on any atom is 0.274 e. The first-order valence-electron chi connectivity index (χ1n) is 11.9. The Balaban J connectivity index is 1.27. The standard InChI is InChI=1S/C25H25F2N7O2/c1-14-18(26)9-15(23-30-25(36-31-23)17-11-19(17)27)10-20(14)29-24(35)21-12-28-22-4-3-16(13-34(21)22)33-7-5-32(2)6-8-33/h3-4,9-10,12-13,17,19H,5-8,11H2,1-2H3,(H,29,35)/t17-,19-/m0/s1. The summed E-state index contributed by atoms with van der Waals surface area (Å²) in [6.07, 6.45) is 2.78. The van der Waals surface area contributed by atoms with Crippen molar-refractivity contribution in [3.63, 3.8) is 0 Å². The normalized spacial score (nSPS) is 20.2. The van der Waals surface area contributed by atoms with Crippen LogP contribution in [-0.4, -0.2) is 69.7 Å². The number of aromatic nitrogens is 4. The lowest BCUT2D eigenvalue weighted by Gasteiger charge is -2.34. The van der Waals surface area contributed by atoms with Crippen LogP contribution < -0.4 is 10.2 Å². The first kappa shape index (κ1) is 22.6. The molecule has 36 heavy (non-hydrogen) atoms. The predicted octanol–water partition coefficient (Wildman–Crippen LogP) is 3.66. The Hall–Kier alpha value is -3.86. The number of fused-ring (bicyclic) bond motifs is 1. The zero-order valence-electron chi connectivity index (χ0n) is 19.9. The van der Waals surface area contributed by atoms with Gasteiger partial charge in [0, 0.05) is 49.2 Å². The van der Waals surface area contributed by atoms with Gasteiger partial charge in [0.2, 0.25) is 11.7 Å². The summed E-state index contributed by atoms with van der Waals surface area (Å²) in [6, 6.07) is 6.75. The van der Waals surface area contributed by atoms with Gasteiger partial charge in [-0.05, 0) is 44.7 Å². The summed E-state index contributed by atoms with van der Waals surface area (Å²) in [5.41, 5.74) is 2.85. The number of halogens is 2. The molecule has 1 aromatic carbocycles. The Morgan fingerprint density at radius 1 is 1.19 bits per heavy atom. The van der Waals surface area contributed by atoms with Crippen LogP contribution >= 0.6 is 0 Å². The van der Waals surface area contributed by atoms with Gasteiger partial charge in [0.25, 0.3) is 5.91 Å². The van der Waals surface area contributed by atoms with Crippen LogP contribution in [0.1, 0.15) is 34.3 Å². The van der Waals surface area contributed by atoms with Gasteiger partial charge in [-0.3, -0.25) is 9.20 Å². The number of hydrogen-bond acceptors (Lipinski definition) is 7. The monoisotopic (exact) mass is 493 g/mol. The molecule has 1 saturated carbocycles. The second-order valence-electron chi connectivity index (χ2n) is 9.45. The lowest BCUT2D eigenvalue weighted by Crippen LogP contribution is -2.44. The Morgan fingerprint density at radius 2 is 1.97 bits per heavy atom. The molecule has 11 heteroatoms. The van der Waals surface area contributed by atoms with Crippen molar-refractivity contribution in [2.75, 3.05) is 43.4 Å². The molecule has 0 spiro atoms. The van der Waals surface area contributed by atoms with E-state index in [2.05, 4.69) is 37.3 Å². The van der Waals surface area contributed by atoms with E-state index < -0.39 is 23.8 Å². The smallest absolute Gasteiger partial charge is 0.274 e. The van der Waals surface area contributed by atoms with Crippen molar-refractivity contribution < 1.29 is 18.1 Å². The SMILES string of the molecule is Cc1c(F)cc(-c2noc([C@H]3C[C@@H]3F)n2)cc1NC(=O)c1cnc2ccc(N3CCN(C)CC3)cn12. The number of carbonyl (C=O) groups is 1. The van der Waals surface area contributed by atoms with E-state index in [0.717, 1.165) is 31.9 Å². The molecule has 3 aromatic heterocycles. The van der Waals surface area contributed by atoms with E-state index in [1.54, 1.807) is 17.4 Å². The fourth-order valence-electron chi connectivity index (χ4n) is 4.44. The second kappa shape index (κ2) is 8.66. The fourth-order valence-corrected chi connectivity index (χ4v) is 4.44. The largest absolute Gasteiger partial charge is 0.368 e. The number of nitrogens with zero attached hydrogens (tertiary/aromatic N) is 6. The van der Waals surface area contributed by atoms with E-state index in [0.29, 0.717) is 23.3 Å². The summed E-state index contributed by atoms with van der Waals surface area (Å²) in [7, 11) is 2.10. The second-order valence-corrected chi connectivity index (χ2v) is 9.45. The zero-order chi connectivity index (χ0) is 25.0. The van der Waals surface area contributed by atoms with E-state index in [-0.39, 0.29) is 23.0 Å². The highest BCUT2D eigenvalue weighted by Crippen LogP contribution is 2.43. The van der Waals surface area contributed by atoms with Gasteiger partial charge in [-0.15, -0.1) is 0 Å². The molecule has 186 valence electrons. The van der Waals surface area contributed by atoms with Crippen LogP contribution in [0, 0.1) is 12.7 Å². The summed E-state index contributed by atoms with van der Waals surface area (Å²) in [6.45, 7) is 5.30. The number of pyridine rings is 1. The molecule has 1 saturated heterocycles. The van der Waals surface area contributed by atoms with Crippen LogP contribution in [0.4, 0.5) is 20.2 Å². The fraction of sp³-hybridized carbons (Fsp3) is 0.360. The van der Waals surface area contributed by atoms with Crippen molar-refractivity contribution in [1.29, 1.82) is 0 Å². The Labute approximate surface area is 205 Å². The van der Waals surface area contributed by atoms with E-state index in [4.69, 9.17) is 4.52 Å². The molecule has 2 aliphatic rings. The van der Waals surface area contributed by atoms with E-state index in [9.17, 15) is 13.6 Å². The molecular formula is C25H25F2N7O2. The highest BCUT2D eigenvalue weighted by atomic mass is 19.1. The summed E-state index contributed by atoms with van der Waals surface area (Å²) in [4.78, 5) is 26.4. The number of hydrogen-bond donors (Lipinski definition) is 1. The third-order valence-electron chi connectivity index (χ3n) is 6.91. The number of piperazine rings is 1. The van der Waals surface area contributed by atoms with Crippen molar-refractivity contribution >= 4 is 22.9 Å². The summed E-state index contributed by atoms with van der Waals surface area (Å²) in [5.74, 6) is -1.01. The average Bonchev–Trinajstić information content (AvgIpc) is 3.24. The third-order valence-corrected chi connectivity index (χ3v) is 6.91. The number of benzene rings is 1. The minimum Gasteiger partial charge on any atom is -0.368 e. The number of rotatable bonds is 5. The molecule has 1 aliphatic carbocycles. The highest BCUT2D eigenvalue weighted by Gasteiger charge is 2.43. The molecule has 2 atom stereocenters. The van der Waals surface area contributed by atoms with Crippen LogP contribution in [0.15, 0.2) is 41.2 Å². The molecule has 9 nitrogen and oxygen atoms in total. The van der Waals surface area contributed by atoms with Gasteiger partial charge < -0.3 is 19.6 Å². The molecule has 1 amide bonds. The minimum absolute atomic E-state index is 0.144. The molecule has 0 radical (unpaired) electrons. The van der Waals surface area contributed by atoms with Crippen molar-refractivity contribution in [3.05, 3.63) is 59.6 Å². The Bertz CT molecular complexity index is 1460. The van der Waals surface area contributed by atoms with Crippen molar-refractivity contribution in [1.82, 2.24) is 24.4 Å². The average molecular weight is 494 g/mol. The number of carbonyl (C=O) groups excluding carboxylic acids is 1. The molecule has 1 N–H and O–H groups in total. The van der Waals surface area contributed by atoms with E-state index >= 15 is 0 Å². The lowest BCUT2D eigenvalue weighted by molar-refractivity contribution is 0.102. The predicted molar refractivity (Wildman–Crippen MR) is 130 cm³/mol. The molecule has 0 bridgehead atoms. The van der Waals surface area contributed by atoms with Crippen molar-refractivity contribution in [2.45, 2.75) is 25.4 Å². The van der Waals surface area contributed by atoms with E-state index in [1.807, 2.05) is 18.3 Å². The van der Waals surface area contributed by atoms with Crippen LogP contribution in [0.5, 0.6) is 0 Å². The molecule has 4 heterocycles. The van der Waals surface area contributed by atoms with E-state index in [1.165, 1.54) is 12.3 Å². The van der Waals surface area contributed by atoms with Gasteiger partial charge >= 0.3 is 0 Å².